The van der Waals surface area contributed by atoms with Crippen molar-refractivity contribution < 1.29 is 34.2 Å². The van der Waals surface area contributed by atoms with Gasteiger partial charge in [-0.2, -0.15) is 11.8 Å². The van der Waals surface area contributed by atoms with Gasteiger partial charge in [-0.3, -0.25) is 19.2 Å². The van der Waals surface area contributed by atoms with Gasteiger partial charge in [0.15, 0.2) is 0 Å². The van der Waals surface area contributed by atoms with Gasteiger partial charge in [-0.25, -0.2) is 9.78 Å². The molecule has 2 rings (SSSR count). The van der Waals surface area contributed by atoms with Gasteiger partial charge in [0.05, 0.1) is 12.4 Å². The van der Waals surface area contributed by atoms with Gasteiger partial charge in [-0.15, -0.1) is 0 Å². The molecule has 4 atom stereocenters. The van der Waals surface area contributed by atoms with E-state index in [0.29, 0.717) is 17.0 Å². The van der Waals surface area contributed by atoms with E-state index in [1.165, 1.54) is 36.4 Å². The fourth-order valence-electron chi connectivity index (χ4n) is 3.68. The summed E-state index contributed by atoms with van der Waals surface area (Å²) < 4.78 is 0. The minimum Gasteiger partial charge on any atom is -0.508 e. The standard InChI is InChI=1S/C25H35N7O7S/c1-40-9-8-18(23(36)31-19(25(38)39)6-7-21(27)34)30-24(37)20(11-15-12-28-13-29-15)32-22(35)17(26)10-14-2-4-16(33)5-3-14/h2-5,12-13,17-20,33H,6-11,26H2,1H3,(H2,27,34)(H,28,29)(H,30,37)(H,31,36)(H,32,35)(H,38,39). The van der Waals surface area contributed by atoms with Crippen LogP contribution in [0.2, 0.25) is 0 Å². The highest BCUT2D eigenvalue weighted by atomic mass is 32.2. The van der Waals surface area contributed by atoms with Gasteiger partial charge in [0.25, 0.3) is 0 Å². The summed E-state index contributed by atoms with van der Waals surface area (Å²) in [5, 5.41) is 26.5. The summed E-state index contributed by atoms with van der Waals surface area (Å²) in [6.07, 6.45) is 4.57. The highest BCUT2D eigenvalue weighted by Crippen LogP contribution is 2.11. The van der Waals surface area contributed by atoms with Crippen LogP contribution in [-0.2, 0) is 36.8 Å². The minimum absolute atomic E-state index is 0.0106. The third-order valence-electron chi connectivity index (χ3n) is 5.88. The third-order valence-corrected chi connectivity index (χ3v) is 6.52. The molecule has 15 heteroatoms. The summed E-state index contributed by atoms with van der Waals surface area (Å²) in [5.41, 5.74) is 12.4. The smallest absolute Gasteiger partial charge is 0.326 e. The molecule has 1 heterocycles. The quantitative estimate of drug-likeness (QED) is 0.111. The first-order chi connectivity index (χ1) is 19.0. The van der Waals surface area contributed by atoms with E-state index in [-0.39, 0.29) is 37.9 Å². The Morgan fingerprint density at radius 3 is 2.15 bits per heavy atom. The average Bonchev–Trinajstić information content (AvgIpc) is 3.42. The lowest BCUT2D eigenvalue weighted by molar-refractivity contribution is -0.142. The molecule has 4 amide bonds. The van der Waals surface area contributed by atoms with Crippen molar-refractivity contribution in [3.05, 3.63) is 48.0 Å². The number of carbonyl (C=O) groups is 5. The van der Waals surface area contributed by atoms with Crippen LogP contribution in [0.15, 0.2) is 36.8 Å². The van der Waals surface area contributed by atoms with Crippen LogP contribution in [0.3, 0.4) is 0 Å². The molecule has 0 aliphatic rings. The lowest BCUT2D eigenvalue weighted by atomic mass is 10.0. The lowest BCUT2D eigenvalue weighted by Crippen LogP contribution is -2.58. The molecule has 1 aromatic heterocycles. The number of phenolic OH excluding ortho intramolecular Hbond substituents is 1. The number of benzene rings is 1. The van der Waals surface area contributed by atoms with Gasteiger partial charge in [0.2, 0.25) is 23.6 Å². The second kappa shape index (κ2) is 16.1. The molecular weight excluding hydrogens is 542 g/mol. The number of nitrogens with two attached hydrogens (primary N) is 2. The zero-order valence-corrected chi connectivity index (χ0v) is 22.8. The Labute approximate surface area is 235 Å². The zero-order valence-electron chi connectivity index (χ0n) is 22.0. The molecule has 0 bridgehead atoms. The number of rotatable bonds is 17. The first-order valence-electron chi connectivity index (χ1n) is 12.4. The molecule has 0 radical (unpaired) electrons. The number of carbonyl (C=O) groups excluding carboxylic acids is 4. The van der Waals surface area contributed by atoms with Crippen LogP contribution in [0.1, 0.15) is 30.5 Å². The molecule has 218 valence electrons. The molecule has 0 spiro atoms. The van der Waals surface area contributed by atoms with Crippen molar-refractivity contribution in [2.45, 2.75) is 56.3 Å². The molecule has 2 aromatic rings. The van der Waals surface area contributed by atoms with Gasteiger partial charge in [-0.05, 0) is 49.0 Å². The van der Waals surface area contributed by atoms with E-state index in [9.17, 15) is 34.2 Å². The summed E-state index contributed by atoms with van der Waals surface area (Å²) in [6.45, 7) is 0. The van der Waals surface area contributed by atoms with E-state index in [1.807, 2.05) is 0 Å². The highest BCUT2D eigenvalue weighted by molar-refractivity contribution is 7.98. The third kappa shape index (κ3) is 10.9. The number of primary amides is 1. The molecular formula is C25H35N7O7S. The van der Waals surface area contributed by atoms with Crippen molar-refractivity contribution in [1.29, 1.82) is 0 Å². The summed E-state index contributed by atoms with van der Waals surface area (Å²) in [4.78, 5) is 68.7. The number of aliphatic carboxylic acids is 1. The molecule has 4 unspecified atom stereocenters. The van der Waals surface area contributed by atoms with E-state index < -0.39 is 53.8 Å². The first-order valence-corrected chi connectivity index (χ1v) is 13.8. The van der Waals surface area contributed by atoms with Crippen LogP contribution < -0.4 is 27.4 Å². The van der Waals surface area contributed by atoms with E-state index >= 15 is 0 Å². The topological polar surface area (TPSA) is 243 Å². The lowest BCUT2D eigenvalue weighted by Gasteiger charge is -2.25. The monoisotopic (exact) mass is 577 g/mol. The number of hydrogen-bond acceptors (Lipinski definition) is 9. The Balaban J connectivity index is 2.15. The van der Waals surface area contributed by atoms with Crippen LogP contribution in [0.4, 0.5) is 0 Å². The molecule has 0 aliphatic heterocycles. The Bertz CT molecular complexity index is 1140. The Hall–Kier alpha value is -4.11. The average molecular weight is 578 g/mol. The molecule has 0 saturated heterocycles. The number of H-pyrrole nitrogens is 1. The van der Waals surface area contributed by atoms with Crippen LogP contribution in [0, 0.1) is 0 Å². The largest absolute Gasteiger partial charge is 0.508 e. The van der Waals surface area contributed by atoms with Gasteiger partial charge >= 0.3 is 5.97 Å². The fraction of sp³-hybridized carbons (Fsp3) is 0.440. The number of imidazole rings is 1. The van der Waals surface area contributed by atoms with Crippen molar-refractivity contribution in [1.82, 2.24) is 25.9 Å². The number of aromatic nitrogens is 2. The van der Waals surface area contributed by atoms with Crippen molar-refractivity contribution in [2.75, 3.05) is 12.0 Å². The van der Waals surface area contributed by atoms with Crippen LogP contribution in [0.5, 0.6) is 5.75 Å². The summed E-state index contributed by atoms with van der Waals surface area (Å²) in [6, 6.07) is 1.52. The summed E-state index contributed by atoms with van der Waals surface area (Å²) in [5.74, 6) is -3.59. The number of thioether (sulfide) groups is 1. The number of carboxylic acid groups (broad SMARTS) is 1. The number of aromatic amines is 1. The molecule has 14 nitrogen and oxygen atoms in total. The van der Waals surface area contributed by atoms with Gasteiger partial charge in [0.1, 0.15) is 23.9 Å². The maximum atomic E-state index is 13.3. The summed E-state index contributed by atoms with van der Waals surface area (Å²) in [7, 11) is 0. The number of carboxylic acids is 1. The van der Waals surface area contributed by atoms with Crippen molar-refractivity contribution in [3.63, 3.8) is 0 Å². The van der Waals surface area contributed by atoms with E-state index in [1.54, 1.807) is 18.4 Å². The normalized spacial score (nSPS) is 13.8. The SMILES string of the molecule is CSCCC(NC(=O)C(Cc1cnc[nH]1)NC(=O)C(N)Cc1ccc(O)cc1)C(=O)NC(CCC(N)=O)C(=O)O. The Kier molecular flexibility index (Phi) is 12.9. The number of phenols is 1. The minimum atomic E-state index is -1.38. The molecule has 1 aromatic carbocycles. The second-order valence-corrected chi connectivity index (χ2v) is 10.1. The molecule has 0 saturated carbocycles. The van der Waals surface area contributed by atoms with Crippen LogP contribution >= 0.6 is 11.8 Å². The molecule has 40 heavy (non-hydrogen) atoms. The predicted molar refractivity (Wildman–Crippen MR) is 147 cm³/mol. The van der Waals surface area contributed by atoms with Crippen LogP contribution in [-0.4, -0.2) is 86.0 Å². The molecule has 10 N–H and O–H groups in total. The number of hydrogen-bond donors (Lipinski definition) is 8. The van der Waals surface area contributed by atoms with Gasteiger partial charge in [0, 0.05) is 24.7 Å². The predicted octanol–water partition coefficient (Wildman–Crippen LogP) is -1.21. The van der Waals surface area contributed by atoms with Gasteiger partial charge < -0.3 is 42.6 Å². The Morgan fingerprint density at radius 1 is 0.950 bits per heavy atom. The maximum Gasteiger partial charge on any atom is 0.326 e. The van der Waals surface area contributed by atoms with E-state index in [0.717, 1.165) is 0 Å². The highest BCUT2D eigenvalue weighted by Gasteiger charge is 2.30. The van der Waals surface area contributed by atoms with Crippen LogP contribution in [0.25, 0.3) is 0 Å². The zero-order chi connectivity index (χ0) is 29.7. The van der Waals surface area contributed by atoms with E-state index in [4.69, 9.17) is 11.5 Å². The van der Waals surface area contributed by atoms with Crippen molar-refractivity contribution >= 4 is 41.4 Å². The number of nitrogens with zero attached hydrogens (tertiary/aromatic N) is 1. The number of amides is 4. The number of nitrogens with one attached hydrogen (secondary N) is 4. The fourth-order valence-corrected chi connectivity index (χ4v) is 4.15. The summed E-state index contributed by atoms with van der Waals surface area (Å²) >= 11 is 1.42. The number of aromatic hydroxyl groups is 1. The Morgan fingerprint density at radius 2 is 1.57 bits per heavy atom. The maximum absolute atomic E-state index is 13.3. The van der Waals surface area contributed by atoms with Crippen molar-refractivity contribution in [3.8, 4) is 5.75 Å². The van der Waals surface area contributed by atoms with Crippen molar-refractivity contribution in [2.24, 2.45) is 11.5 Å². The van der Waals surface area contributed by atoms with Gasteiger partial charge in [-0.1, -0.05) is 12.1 Å². The molecule has 0 fully saturated rings. The molecule has 0 aliphatic carbocycles. The first kappa shape index (κ1) is 32.1. The van der Waals surface area contributed by atoms with E-state index in [2.05, 4.69) is 25.9 Å². The second-order valence-electron chi connectivity index (χ2n) is 9.07.